The molecule has 33 heavy (non-hydrogen) atoms. The summed E-state index contributed by atoms with van der Waals surface area (Å²) in [7, 11) is 1.29. The second-order valence-electron chi connectivity index (χ2n) is 8.65. The first-order valence-electron chi connectivity index (χ1n) is 10.4. The number of amides is 2. The molecular formula is C21H21F3N6O2S. The van der Waals surface area contributed by atoms with E-state index in [-0.39, 0.29) is 17.6 Å². The van der Waals surface area contributed by atoms with Crippen LogP contribution in [0.2, 0.25) is 0 Å². The summed E-state index contributed by atoms with van der Waals surface area (Å²) in [4.78, 5) is 37.4. The number of nitrogens with one attached hydrogen (secondary N) is 3. The van der Waals surface area contributed by atoms with Crippen LogP contribution in [0.15, 0.2) is 18.5 Å². The lowest BCUT2D eigenvalue weighted by molar-refractivity contribution is -0.141. The highest BCUT2D eigenvalue weighted by atomic mass is 32.1. The van der Waals surface area contributed by atoms with Crippen molar-refractivity contribution in [3.63, 3.8) is 0 Å². The summed E-state index contributed by atoms with van der Waals surface area (Å²) in [5.74, 6) is -0.772. The molecule has 12 heteroatoms. The smallest absolute Gasteiger partial charge is 0.354 e. The molecule has 0 spiro atoms. The molecule has 1 saturated carbocycles. The fourth-order valence-electron chi connectivity index (χ4n) is 4.86. The Labute approximate surface area is 190 Å². The van der Waals surface area contributed by atoms with Crippen molar-refractivity contribution in [3.8, 4) is 0 Å². The highest BCUT2D eigenvalue weighted by Crippen LogP contribution is 2.53. The maximum absolute atomic E-state index is 13.5. The van der Waals surface area contributed by atoms with Gasteiger partial charge in [-0.15, -0.1) is 0 Å². The lowest BCUT2D eigenvalue weighted by atomic mass is 9.73. The average molecular weight is 479 g/mol. The Hall–Kier alpha value is -3.15. The Morgan fingerprint density at radius 1 is 1.33 bits per heavy atom. The van der Waals surface area contributed by atoms with Gasteiger partial charge in [0.05, 0.1) is 11.1 Å². The summed E-state index contributed by atoms with van der Waals surface area (Å²) in [6.45, 7) is 2.70. The summed E-state index contributed by atoms with van der Waals surface area (Å²) in [6, 6.07) is 1.88. The van der Waals surface area contributed by atoms with Crippen molar-refractivity contribution in [1.82, 2.24) is 25.6 Å². The van der Waals surface area contributed by atoms with Crippen molar-refractivity contribution in [1.29, 1.82) is 0 Å². The Morgan fingerprint density at radius 2 is 2.09 bits per heavy atom. The van der Waals surface area contributed by atoms with Gasteiger partial charge in [0.25, 0.3) is 11.8 Å². The highest BCUT2D eigenvalue weighted by molar-refractivity contribution is 7.17. The first-order valence-corrected chi connectivity index (χ1v) is 11.2. The first-order chi connectivity index (χ1) is 15.6. The van der Waals surface area contributed by atoms with E-state index in [1.807, 2.05) is 17.9 Å². The minimum Gasteiger partial charge on any atom is -0.354 e. The first kappa shape index (κ1) is 21.7. The van der Waals surface area contributed by atoms with Crippen LogP contribution in [0.1, 0.15) is 44.1 Å². The Balaban J connectivity index is 1.38. The molecule has 0 aromatic carbocycles. The molecule has 3 aromatic heterocycles. The number of halogens is 3. The zero-order valence-corrected chi connectivity index (χ0v) is 18.7. The van der Waals surface area contributed by atoms with Crippen LogP contribution in [0.4, 0.5) is 18.3 Å². The maximum atomic E-state index is 13.5. The lowest BCUT2D eigenvalue weighted by Gasteiger charge is -2.42. The van der Waals surface area contributed by atoms with Gasteiger partial charge in [0, 0.05) is 37.9 Å². The van der Waals surface area contributed by atoms with Crippen molar-refractivity contribution in [2.24, 2.45) is 5.92 Å². The van der Waals surface area contributed by atoms with Gasteiger partial charge in [0.15, 0.2) is 10.8 Å². The number of H-pyrrole nitrogens is 1. The molecule has 3 aromatic rings. The molecule has 3 N–H and O–H groups in total. The summed E-state index contributed by atoms with van der Waals surface area (Å²) < 4.78 is 40.5. The van der Waals surface area contributed by atoms with E-state index in [4.69, 9.17) is 0 Å². The van der Waals surface area contributed by atoms with Crippen LogP contribution in [-0.2, 0) is 6.18 Å². The second kappa shape index (κ2) is 7.44. The molecular weight excluding hydrogens is 457 g/mol. The minimum absolute atomic E-state index is 0.155. The van der Waals surface area contributed by atoms with E-state index < -0.39 is 28.2 Å². The number of hydrogen-bond acceptors (Lipinski definition) is 6. The number of aryl methyl sites for hydroxylation is 1. The summed E-state index contributed by atoms with van der Waals surface area (Å²) in [5, 5.41) is 6.07. The molecule has 2 bridgehead atoms. The van der Waals surface area contributed by atoms with Crippen LogP contribution >= 0.6 is 11.3 Å². The van der Waals surface area contributed by atoms with Crippen LogP contribution in [0.5, 0.6) is 0 Å². The molecule has 8 nitrogen and oxygen atoms in total. The molecule has 2 aliphatic heterocycles. The quantitative estimate of drug-likeness (QED) is 0.523. The molecule has 6 rings (SSSR count). The largest absolute Gasteiger partial charge is 0.435 e. The molecule has 2 amide bonds. The number of carbonyl (C=O) groups is 2. The standard InChI is InChI=1S/C21H21F3N6O2S/c1-10-3-12-13(7-27-16(12)26-6-10)17(31)28-9-20-4-11(5-20)8-30(20)19-29-15(21(22,23)24)14(33-19)18(32)25-2/h3,6-7,11H,4-5,8-9H2,1-2H3,(H,25,32)(H,26,27)(H,28,31). The van der Waals surface area contributed by atoms with E-state index >= 15 is 0 Å². The van der Waals surface area contributed by atoms with Gasteiger partial charge in [0.1, 0.15) is 10.5 Å². The van der Waals surface area contributed by atoms with E-state index in [0.717, 1.165) is 29.7 Å². The zero-order chi connectivity index (χ0) is 23.5. The fraction of sp³-hybridized carbons (Fsp3) is 0.429. The number of alkyl halides is 3. The number of rotatable bonds is 5. The van der Waals surface area contributed by atoms with E-state index in [1.54, 1.807) is 12.4 Å². The number of aromatic amines is 1. The van der Waals surface area contributed by atoms with Crippen LogP contribution in [-0.4, -0.2) is 52.4 Å². The molecule has 0 radical (unpaired) electrons. The molecule has 174 valence electrons. The molecule has 2 saturated heterocycles. The van der Waals surface area contributed by atoms with Gasteiger partial charge in [-0.1, -0.05) is 11.3 Å². The molecule has 3 fully saturated rings. The lowest BCUT2D eigenvalue weighted by Crippen LogP contribution is -2.54. The van der Waals surface area contributed by atoms with E-state index in [9.17, 15) is 22.8 Å². The number of fused-ring (bicyclic) bond motifs is 2. The monoisotopic (exact) mass is 478 g/mol. The summed E-state index contributed by atoms with van der Waals surface area (Å²) >= 11 is 0.738. The predicted molar refractivity (Wildman–Crippen MR) is 116 cm³/mol. The third kappa shape index (κ3) is 3.52. The van der Waals surface area contributed by atoms with E-state index in [1.165, 1.54) is 7.05 Å². The maximum Gasteiger partial charge on any atom is 0.435 e. The van der Waals surface area contributed by atoms with Crippen LogP contribution in [0, 0.1) is 12.8 Å². The number of pyridine rings is 1. The molecule has 3 aliphatic rings. The fourth-order valence-corrected chi connectivity index (χ4v) is 6.01. The number of thiazole rings is 1. The van der Waals surface area contributed by atoms with Crippen molar-refractivity contribution in [2.45, 2.75) is 31.5 Å². The van der Waals surface area contributed by atoms with Crippen molar-refractivity contribution >= 4 is 39.3 Å². The van der Waals surface area contributed by atoms with Crippen LogP contribution in [0.25, 0.3) is 11.0 Å². The van der Waals surface area contributed by atoms with Gasteiger partial charge in [-0.05, 0) is 37.3 Å². The predicted octanol–water partition coefficient (Wildman–Crippen LogP) is 3.11. The zero-order valence-electron chi connectivity index (χ0n) is 17.8. The van der Waals surface area contributed by atoms with Gasteiger partial charge in [-0.25, -0.2) is 9.97 Å². The van der Waals surface area contributed by atoms with Crippen LogP contribution < -0.4 is 15.5 Å². The average Bonchev–Trinajstić information content (AvgIpc) is 3.49. The Morgan fingerprint density at radius 3 is 2.79 bits per heavy atom. The number of carbonyl (C=O) groups excluding carboxylic acids is 2. The number of nitrogens with zero attached hydrogens (tertiary/aromatic N) is 3. The number of anilines is 1. The Kier molecular flexibility index (Phi) is 4.89. The van der Waals surface area contributed by atoms with Gasteiger partial charge < -0.3 is 20.5 Å². The van der Waals surface area contributed by atoms with Crippen molar-refractivity contribution in [2.75, 3.05) is 25.0 Å². The van der Waals surface area contributed by atoms with Crippen molar-refractivity contribution in [3.05, 3.63) is 40.2 Å². The third-order valence-electron chi connectivity index (χ3n) is 6.39. The van der Waals surface area contributed by atoms with Gasteiger partial charge in [-0.2, -0.15) is 13.2 Å². The normalized spacial score (nSPS) is 21.8. The van der Waals surface area contributed by atoms with Crippen molar-refractivity contribution < 1.29 is 22.8 Å². The van der Waals surface area contributed by atoms with Gasteiger partial charge >= 0.3 is 6.18 Å². The molecule has 5 heterocycles. The number of hydrogen-bond donors (Lipinski definition) is 3. The topological polar surface area (TPSA) is 103 Å². The minimum atomic E-state index is -4.73. The number of aromatic nitrogens is 3. The molecule has 1 aliphatic carbocycles. The van der Waals surface area contributed by atoms with E-state index in [0.29, 0.717) is 29.1 Å². The van der Waals surface area contributed by atoms with Gasteiger partial charge in [-0.3, -0.25) is 9.59 Å². The SMILES string of the molecule is CNC(=O)c1sc(N2CC3CC2(CNC(=O)c2c[nH]c4ncc(C)cc24)C3)nc1C(F)(F)F. The molecule has 0 atom stereocenters. The molecule has 0 unspecified atom stereocenters. The summed E-state index contributed by atoms with van der Waals surface area (Å²) in [5.41, 5.74) is 0.315. The Bertz CT molecular complexity index is 1260. The van der Waals surface area contributed by atoms with Crippen LogP contribution in [0.3, 0.4) is 0 Å². The third-order valence-corrected chi connectivity index (χ3v) is 7.47. The summed E-state index contributed by atoms with van der Waals surface area (Å²) in [6.07, 6.45) is 0.0745. The van der Waals surface area contributed by atoms with E-state index in [2.05, 4.69) is 25.6 Å². The van der Waals surface area contributed by atoms with Gasteiger partial charge in [0.2, 0.25) is 0 Å². The second-order valence-corrected chi connectivity index (χ2v) is 9.63. The highest BCUT2D eigenvalue weighted by Gasteiger charge is 2.57.